The molecular formula is C4H4BF6K. The van der Waals surface area contributed by atoms with Crippen molar-refractivity contribution in [3.05, 3.63) is 11.5 Å². The Morgan fingerprint density at radius 3 is 1.58 bits per heavy atom. The van der Waals surface area contributed by atoms with Gasteiger partial charge in [0.15, 0.2) is 0 Å². The van der Waals surface area contributed by atoms with Crippen molar-refractivity contribution in [2.45, 2.75) is 13.1 Å². The average Bonchev–Trinajstić information content (AvgIpc) is 1.56. The normalized spacial score (nSPS) is 14.1. The van der Waals surface area contributed by atoms with Gasteiger partial charge in [-0.05, 0) is 12.5 Å². The van der Waals surface area contributed by atoms with Crippen LogP contribution in [0.1, 0.15) is 6.92 Å². The summed E-state index contributed by atoms with van der Waals surface area (Å²) < 4.78 is 68.2. The second-order valence-electron chi connectivity index (χ2n) is 1.97. The molecule has 12 heavy (non-hydrogen) atoms. The third-order valence-corrected chi connectivity index (χ3v) is 0.886. The van der Waals surface area contributed by atoms with E-state index >= 15 is 0 Å². The van der Waals surface area contributed by atoms with Crippen LogP contribution in [0.2, 0.25) is 0 Å². The molecule has 0 aromatic carbocycles. The predicted octanol–water partition coefficient (Wildman–Crippen LogP) is -0.114. The molecule has 8 heteroatoms. The fraction of sp³-hybridized carbons (Fsp3) is 0.500. The van der Waals surface area contributed by atoms with Gasteiger partial charge in [0.25, 0.3) is 0 Å². The first-order valence-electron chi connectivity index (χ1n) is 2.59. The molecular weight excluding hydrogens is 212 g/mol. The topological polar surface area (TPSA) is 0 Å². The third-order valence-electron chi connectivity index (χ3n) is 0.886. The maximum Gasteiger partial charge on any atom is 1.00 e. The number of alkyl halides is 3. The summed E-state index contributed by atoms with van der Waals surface area (Å²) in [6.07, 6.45) is -4.88. The Balaban J connectivity index is 0. The van der Waals surface area contributed by atoms with E-state index in [0.29, 0.717) is 6.92 Å². The first-order chi connectivity index (χ1) is 4.63. The SMILES string of the molecule is C/C(=C\[B-](F)(F)F)C(F)(F)F.[K+]. The minimum Gasteiger partial charge on any atom is -0.445 e. The summed E-state index contributed by atoms with van der Waals surface area (Å²) >= 11 is 0. The Labute approximate surface area is 108 Å². The first-order valence-corrected chi connectivity index (χ1v) is 2.59. The van der Waals surface area contributed by atoms with Gasteiger partial charge in [-0.2, -0.15) is 13.2 Å². The van der Waals surface area contributed by atoms with E-state index in [9.17, 15) is 26.1 Å². The van der Waals surface area contributed by atoms with Crippen molar-refractivity contribution in [3.8, 4) is 0 Å². The van der Waals surface area contributed by atoms with Crippen LogP contribution in [0, 0.1) is 0 Å². The quantitative estimate of drug-likeness (QED) is 0.423. The first kappa shape index (κ1) is 15.5. The molecule has 0 saturated heterocycles. The maximum absolute atomic E-state index is 11.4. The molecule has 0 nitrogen and oxygen atoms in total. The van der Waals surface area contributed by atoms with Crippen molar-refractivity contribution in [1.29, 1.82) is 0 Å². The molecule has 0 fully saturated rings. The van der Waals surface area contributed by atoms with Crippen LogP contribution in [-0.2, 0) is 0 Å². The van der Waals surface area contributed by atoms with Gasteiger partial charge in [-0.25, -0.2) is 0 Å². The fourth-order valence-electron chi connectivity index (χ4n) is 0.378. The second kappa shape index (κ2) is 5.04. The maximum atomic E-state index is 11.4. The van der Waals surface area contributed by atoms with Gasteiger partial charge in [-0.3, -0.25) is 0 Å². The number of rotatable bonds is 1. The largest absolute Gasteiger partial charge is 1.00 e. The molecule has 0 heterocycles. The monoisotopic (exact) mass is 216 g/mol. The molecule has 0 unspecified atom stereocenters. The van der Waals surface area contributed by atoms with Crippen LogP contribution >= 0.6 is 0 Å². The van der Waals surface area contributed by atoms with Gasteiger partial charge < -0.3 is 12.9 Å². The molecule has 0 spiro atoms. The van der Waals surface area contributed by atoms with Crippen molar-refractivity contribution in [1.82, 2.24) is 0 Å². The molecule has 0 bridgehead atoms. The molecule has 0 aliphatic carbocycles. The van der Waals surface area contributed by atoms with E-state index in [0.717, 1.165) is 0 Å². The van der Waals surface area contributed by atoms with Crippen molar-refractivity contribution in [2.75, 3.05) is 0 Å². The summed E-state index contributed by atoms with van der Waals surface area (Å²) in [7, 11) is 0. The van der Waals surface area contributed by atoms with E-state index in [2.05, 4.69) is 0 Å². The molecule has 0 rings (SSSR count). The van der Waals surface area contributed by atoms with Crippen LogP contribution in [-0.4, -0.2) is 13.2 Å². The average molecular weight is 216 g/mol. The van der Waals surface area contributed by atoms with E-state index in [-0.39, 0.29) is 51.4 Å². The zero-order valence-electron chi connectivity index (χ0n) is 6.42. The minimum absolute atomic E-state index is 0. The number of hydrogen-bond donors (Lipinski definition) is 0. The van der Waals surface area contributed by atoms with Crippen molar-refractivity contribution >= 4 is 6.98 Å². The number of allylic oxidation sites excluding steroid dienone is 1. The summed E-state index contributed by atoms with van der Waals surface area (Å²) in [5.41, 5.74) is -1.62. The van der Waals surface area contributed by atoms with Crippen LogP contribution in [0.5, 0.6) is 0 Å². The Morgan fingerprint density at radius 2 is 1.50 bits per heavy atom. The smallest absolute Gasteiger partial charge is 0.445 e. The van der Waals surface area contributed by atoms with Gasteiger partial charge >= 0.3 is 64.5 Å². The molecule has 0 saturated carbocycles. The van der Waals surface area contributed by atoms with Crippen LogP contribution < -0.4 is 51.4 Å². The summed E-state index contributed by atoms with van der Waals surface area (Å²) in [6.45, 7) is -5.11. The van der Waals surface area contributed by atoms with Gasteiger partial charge in [-0.15, -0.1) is 5.98 Å². The van der Waals surface area contributed by atoms with E-state index in [1.54, 1.807) is 0 Å². The van der Waals surface area contributed by atoms with Gasteiger partial charge in [-0.1, -0.05) is 0 Å². The molecule has 0 amide bonds. The minimum atomic E-state index is -5.49. The van der Waals surface area contributed by atoms with E-state index in [4.69, 9.17) is 0 Å². The predicted molar refractivity (Wildman–Crippen MR) is 28.9 cm³/mol. The van der Waals surface area contributed by atoms with Gasteiger partial charge in [0.1, 0.15) is 0 Å². The zero-order valence-corrected chi connectivity index (χ0v) is 9.55. The van der Waals surface area contributed by atoms with Crippen LogP contribution in [0.15, 0.2) is 11.5 Å². The van der Waals surface area contributed by atoms with Gasteiger partial charge in [0.2, 0.25) is 0 Å². The third kappa shape index (κ3) is 7.66. The molecule has 0 aliphatic heterocycles. The Morgan fingerprint density at radius 1 is 1.17 bits per heavy atom. The Kier molecular flexibility index (Phi) is 6.51. The molecule has 66 valence electrons. The summed E-state index contributed by atoms with van der Waals surface area (Å²) in [5, 5.41) is 0. The molecule has 0 N–H and O–H groups in total. The van der Waals surface area contributed by atoms with Gasteiger partial charge in [0, 0.05) is 0 Å². The van der Waals surface area contributed by atoms with E-state index in [1.165, 1.54) is 0 Å². The van der Waals surface area contributed by atoms with E-state index in [1.807, 2.05) is 0 Å². The molecule has 0 aromatic heterocycles. The van der Waals surface area contributed by atoms with Crippen molar-refractivity contribution in [2.24, 2.45) is 0 Å². The van der Waals surface area contributed by atoms with Crippen LogP contribution in [0.3, 0.4) is 0 Å². The summed E-state index contributed by atoms with van der Waals surface area (Å²) in [6, 6.07) is 0. The van der Waals surface area contributed by atoms with Crippen molar-refractivity contribution in [3.63, 3.8) is 0 Å². The van der Waals surface area contributed by atoms with Crippen LogP contribution in [0.25, 0.3) is 0 Å². The standard InChI is InChI=1S/C4H4BF6.K/c1-3(4(6,7)8)2-5(9,10)11;/h2H,1H3;/q-1;+1/b3-2+;. The second-order valence-corrected chi connectivity index (χ2v) is 1.97. The zero-order chi connectivity index (χ0) is 9.28. The molecule has 0 aliphatic rings. The number of hydrogen-bond acceptors (Lipinski definition) is 0. The molecule has 0 radical (unpaired) electrons. The van der Waals surface area contributed by atoms with Crippen LogP contribution in [0.4, 0.5) is 26.1 Å². The Hall–Kier alpha value is 1.02. The van der Waals surface area contributed by atoms with Gasteiger partial charge in [0.05, 0.1) is 0 Å². The van der Waals surface area contributed by atoms with E-state index < -0.39 is 24.7 Å². The molecule has 0 aromatic rings. The van der Waals surface area contributed by atoms with Crippen molar-refractivity contribution < 1.29 is 77.5 Å². The fourth-order valence-corrected chi connectivity index (χ4v) is 0.378. The molecule has 0 atom stereocenters. The summed E-state index contributed by atoms with van der Waals surface area (Å²) in [5.74, 6) is -0.708. The Bertz CT molecular complexity index is 167. The summed E-state index contributed by atoms with van der Waals surface area (Å²) in [4.78, 5) is 0. The number of halogens is 6.